The molecule has 0 saturated carbocycles. The fourth-order valence-electron chi connectivity index (χ4n) is 2.70. The zero-order valence-corrected chi connectivity index (χ0v) is 18.3. The third-order valence-corrected chi connectivity index (χ3v) is 4.32. The molecule has 1 rings (SSSR count). The minimum Gasteiger partial charge on any atom is -0.355 e. The maximum absolute atomic E-state index is 11.3. The highest BCUT2D eigenvalue weighted by Gasteiger charge is 2.18. The highest BCUT2D eigenvalue weighted by atomic mass is 127. The highest BCUT2D eigenvalue weighted by molar-refractivity contribution is 14.0. The van der Waals surface area contributed by atoms with E-state index in [4.69, 9.17) is 0 Å². The number of hydrogen-bond donors (Lipinski definition) is 2. The lowest BCUT2D eigenvalue weighted by Crippen LogP contribution is -2.50. The normalized spacial score (nSPS) is 17.4. The van der Waals surface area contributed by atoms with Crippen LogP contribution >= 0.6 is 24.0 Å². The second-order valence-corrected chi connectivity index (χ2v) is 6.86. The van der Waals surface area contributed by atoms with Gasteiger partial charge >= 0.3 is 0 Å². The molecule has 0 bridgehead atoms. The van der Waals surface area contributed by atoms with Gasteiger partial charge in [0.25, 0.3) is 0 Å². The van der Waals surface area contributed by atoms with Gasteiger partial charge in [-0.15, -0.1) is 24.0 Å². The summed E-state index contributed by atoms with van der Waals surface area (Å²) < 4.78 is 0. The summed E-state index contributed by atoms with van der Waals surface area (Å²) >= 11 is 0. The van der Waals surface area contributed by atoms with Gasteiger partial charge in [0.2, 0.25) is 5.91 Å². The molecule has 1 atom stereocenters. The lowest BCUT2D eigenvalue weighted by atomic mass is 10.0. The molecule has 0 radical (unpaired) electrons. The molecular weight excluding hydrogens is 417 g/mol. The molecule has 1 saturated heterocycles. The largest absolute Gasteiger partial charge is 0.355 e. The van der Waals surface area contributed by atoms with E-state index in [0.29, 0.717) is 6.04 Å². The van der Waals surface area contributed by atoms with Gasteiger partial charge < -0.3 is 15.5 Å². The van der Waals surface area contributed by atoms with Crippen LogP contribution in [0.15, 0.2) is 4.99 Å². The van der Waals surface area contributed by atoms with Crippen LogP contribution in [-0.2, 0) is 4.79 Å². The summed E-state index contributed by atoms with van der Waals surface area (Å²) in [5.74, 6) is 1.80. The van der Waals surface area contributed by atoms with E-state index in [2.05, 4.69) is 41.3 Å². The van der Waals surface area contributed by atoms with Gasteiger partial charge in [0.1, 0.15) is 0 Å². The fourth-order valence-corrected chi connectivity index (χ4v) is 2.70. The minimum absolute atomic E-state index is 0. The van der Waals surface area contributed by atoms with E-state index in [1.54, 1.807) is 6.92 Å². The molecule has 1 aliphatic heterocycles. The molecular formula is C17H36IN5O. The first kappa shape index (κ1) is 23.4. The average molecular weight is 453 g/mol. The van der Waals surface area contributed by atoms with Gasteiger partial charge in [-0.05, 0) is 25.7 Å². The van der Waals surface area contributed by atoms with Gasteiger partial charge in [-0.3, -0.25) is 14.7 Å². The van der Waals surface area contributed by atoms with Crippen LogP contribution in [0.3, 0.4) is 0 Å². The van der Waals surface area contributed by atoms with Crippen LogP contribution in [0.4, 0.5) is 0 Å². The number of guanidine groups is 1. The monoisotopic (exact) mass is 453 g/mol. The first-order chi connectivity index (χ1) is 10.9. The van der Waals surface area contributed by atoms with E-state index < -0.39 is 0 Å². The summed E-state index contributed by atoms with van der Waals surface area (Å²) in [5, 5.41) is 6.84. The number of carbonyl (C=O) groups is 1. The van der Waals surface area contributed by atoms with Crippen molar-refractivity contribution in [1.82, 2.24) is 20.4 Å². The quantitative estimate of drug-likeness (QED) is 0.351. The van der Waals surface area contributed by atoms with E-state index >= 15 is 0 Å². The zero-order valence-electron chi connectivity index (χ0n) is 16.0. The van der Waals surface area contributed by atoms with Crippen molar-refractivity contribution in [2.75, 3.05) is 46.3 Å². The van der Waals surface area contributed by atoms with Crippen LogP contribution in [0.1, 0.15) is 40.5 Å². The molecule has 0 spiro atoms. The van der Waals surface area contributed by atoms with Crippen molar-refractivity contribution in [1.29, 1.82) is 0 Å². The Balaban J connectivity index is 0.00000529. The van der Waals surface area contributed by atoms with Crippen molar-refractivity contribution in [3.63, 3.8) is 0 Å². The number of nitrogens with one attached hydrogen (secondary N) is 2. The minimum atomic E-state index is 0. The number of aliphatic imine (C=N–C) groups is 1. The van der Waals surface area contributed by atoms with Crippen molar-refractivity contribution >= 4 is 35.8 Å². The molecule has 142 valence electrons. The molecule has 2 N–H and O–H groups in total. The average Bonchev–Trinajstić information content (AvgIpc) is 2.52. The molecule has 1 unspecified atom stereocenters. The second kappa shape index (κ2) is 12.7. The topological polar surface area (TPSA) is 60.0 Å². The van der Waals surface area contributed by atoms with Crippen LogP contribution in [0, 0.1) is 5.92 Å². The third-order valence-electron chi connectivity index (χ3n) is 4.32. The number of rotatable bonds is 7. The first-order valence-electron chi connectivity index (χ1n) is 8.87. The van der Waals surface area contributed by atoms with E-state index in [0.717, 1.165) is 57.6 Å². The Bertz CT molecular complexity index is 381. The summed E-state index contributed by atoms with van der Waals surface area (Å²) in [6.45, 7) is 13.8. The Morgan fingerprint density at radius 3 is 2.25 bits per heavy atom. The maximum atomic E-state index is 11.3. The predicted molar refractivity (Wildman–Crippen MR) is 112 cm³/mol. The predicted octanol–water partition coefficient (Wildman–Crippen LogP) is 1.76. The molecule has 1 aliphatic rings. The standard InChI is InChI=1S/C17H35N5O.HI/c1-14(2)6-7-15(3)20-17(18-5)19-8-9-21-10-12-22(13-11-21)16(4)23;/h14-15H,6-13H2,1-5H3,(H2,18,19,20);1H. The number of carbonyl (C=O) groups excluding carboxylic acids is 1. The Kier molecular flexibility index (Phi) is 12.4. The summed E-state index contributed by atoms with van der Waals surface area (Å²) in [4.78, 5) is 19.9. The van der Waals surface area contributed by atoms with Crippen LogP contribution in [0.5, 0.6) is 0 Å². The lowest BCUT2D eigenvalue weighted by molar-refractivity contribution is -0.130. The van der Waals surface area contributed by atoms with Gasteiger partial charge in [0, 0.05) is 59.3 Å². The summed E-state index contributed by atoms with van der Waals surface area (Å²) in [6.07, 6.45) is 2.39. The smallest absolute Gasteiger partial charge is 0.219 e. The number of halogens is 1. The molecule has 7 heteroatoms. The van der Waals surface area contributed by atoms with Crippen LogP contribution in [-0.4, -0.2) is 74.0 Å². The Morgan fingerprint density at radius 2 is 1.75 bits per heavy atom. The zero-order chi connectivity index (χ0) is 17.2. The van der Waals surface area contributed by atoms with E-state index in [1.807, 2.05) is 11.9 Å². The van der Waals surface area contributed by atoms with Crippen molar-refractivity contribution < 1.29 is 4.79 Å². The molecule has 0 aromatic rings. The highest BCUT2D eigenvalue weighted by Crippen LogP contribution is 2.06. The first-order valence-corrected chi connectivity index (χ1v) is 8.87. The van der Waals surface area contributed by atoms with Gasteiger partial charge in [0.15, 0.2) is 5.96 Å². The molecule has 0 aromatic heterocycles. The molecule has 24 heavy (non-hydrogen) atoms. The van der Waals surface area contributed by atoms with Gasteiger partial charge in [-0.1, -0.05) is 13.8 Å². The molecule has 6 nitrogen and oxygen atoms in total. The molecule has 1 fully saturated rings. The van der Waals surface area contributed by atoms with Crippen molar-refractivity contribution in [3.05, 3.63) is 0 Å². The van der Waals surface area contributed by atoms with E-state index in [1.165, 1.54) is 6.42 Å². The summed E-state index contributed by atoms with van der Waals surface area (Å²) in [7, 11) is 1.82. The van der Waals surface area contributed by atoms with Gasteiger partial charge in [0.05, 0.1) is 0 Å². The van der Waals surface area contributed by atoms with Crippen LogP contribution in [0.25, 0.3) is 0 Å². The third kappa shape index (κ3) is 9.66. The number of amides is 1. The fraction of sp³-hybridized carbons (Fsp3) is 0.882. The second-order valence-electron chi connectivity index (χ2n) is 6.86. The SMILES string of the molecule is CN=C(NCCN1CCN(C(C)=O)CC1)NC(C)CCC(C)C.I. The van der Waals surface area contributed by atoms with Gasteiger partial charge in [-0.2, -0.15) is 0 Å². The molecule has 0 aromatic carbocycles. The molecule has 0 aliphatic carbocycles. The number of hydrogen-bond acceptors (Lipinski definition) is 3. The Hall–Kier alpha value is -0.570. The van der Waals surface area contributed by atoms with Crippen molar-refractivity contribution in [3.8, 4) is 0 Å². The molecule has 1 heterocycles. The van der Waals surface area contributed by atoms with E-state index in [-0.39, 0.29) is 29.9 Å². The van der Waals surface area contributed by atoms with Crippen LogP contribution < -0.4 is 10.6 Å². The van der Waals surface area contributed by atoms with Crippen molar-refractivity contribution in [2.24, 2.45) is 10.9 Å². The Morgan fingerprint density at radius 1 is 1.12 bits per heavy atom. The Labute approximate surface area is 164 Å². The lowest BCUT2D eigenvalue weighted by Gasteiger charge is -2.34. The van der Waals surface area contributed by atoms with E-state index in [9.17, 15) is 4.79 Å². The summed E-state index contributed by atoms with van der Waals surface area (Å²) in [6, 6.07) is 0.433. The van der Waals surface area contributed by atoms with Crippen LogP contribution in [0.2, 0.25) is 0 Å². The maximum Gasteiger partial charge on any atom is 0.219 e. The molecule has 1 amide bonds. The number of piperazine rings is 1. The van der Waals surface area contributed by atoms with Gasteiger partial charge in [-0.25, -0.2) is 0 Å². The van der Waals surface area contributed by atoms with Crippen molar-refractivity contribution in [2.45, 2.75) is 46.6 Å². The number of nitrogens with zero attached hydrogens (tertiary/aromatic N) is 3. The summed E-state index contributed by atoms with van der Waals surface area (Å²) in [5.41, 5.74) is 0.